The molecule has 1 fully saturated rings. The standard InChI is InChI=1S/C38H42F9N3O4/c1-6-54-31(52)18-28(33-34(40)24(16-26(35(33)41)38(45,46)47)32-22(5)14-21(4)15-27(32)39)48-36(53)29(13-20(2)3)50-19-23(9-7-10-49-11-8-12-49)25(17-30(50)51)37(42,43)44/h14-17,19-20,28-29H,6-13,18H2,1-5H3,(H,48,53)/t28-,29?/m0/s1. The Balaban J connectivity index is 1.89. The number of hydrogen-bond acceptors (Lipinski definition) is 5. The largest absolute Gasteiger partial charge is 0.466 e. The number of carbonyl (C=O) groups is 2. The third-order valence-corrected chi connectivity index (χ3v) is 9.25. The zero-order chi connectivity index (χ0) is 40.3. The highest BCUT2D eigenvalue weighted by molar-refractivity contribution is 5.82. The molecule has 0 radical (unpaired) electrons. The van der Waals surface area contributed by atoms with Crippen LogP contribution in [0.3, 0.4) is 0 Å². The average molecular weight is 776 g/mol. The van der Waals surface area contributed by atoms with Gasteiger partial charge in [0.15, 0.2) is 0 Å². The first-order valence-electron chi connectivity index (χ1n) is 17.5. The summed E-state index contributed by atoms with van der Waals surface area (Å²) in [6.07, 6.45) is -9.68. The molecule has 0 spiro atoms. The Morgan fingerprint density at radius 1 is 0.926 bits per heavy atom. The fourth-order valence-corrected chi connectivity index (χ4v) is 6.68. The predicted molar refractivity (Wildman–Crippen MR) is 182 cm³/mol. The summed E-state index contributed by atoms with van der Waals surface area (Å²) in [4.78, 5) is 42.2. The second-order valence-electron chi connectivity index (χ2n) is 13.9. The van der Waals surface area contributed by atoms with E-state index in [-0.39, 0.29) is 36.6 Å². The van der Waals surface area contributed by atoms with Gasteiger partial charge in [0.1, 0.15) is 23.5 Å². The van der Waals surface area contributed by atoms with E-state index in [4.69, 9.17) is 4.74 Å². The summed E-state index contributed by atoms with van der Waals surface area (Å²) in [6.45, 7) is 9.24. The number of rotatable bonds is 14. The molecule has 0 saturated carbocycles. The number of aryl methyl sites for hydroxylation is 3. The summed E-state index contributed by atoms with van der Waals surface area (Å²) in [5.74, 6) is -7.87. The highest BCUT2D eigenvalue weighted by atomic mass is 19.4. The van der Waals surface area contributed by atoms with Gasteiger partial charge in [-0.1, -0.05) is 19.9 Å². The van der Waals surface area contributed by atoms with Crippen LogP contribution in [0.4, 0.5) is 39.5 Å². The number of pyridine rings is 1. The molecule has 296 valence electrons. The summed E-state index contributed by atoms with van der Waals surface area (Å²) in [5.41, 5.74) is -7.44. The van der Waals surface area contributed by atoms with Crippen molar-refractivity contribution in [3.63, 3.8) is 0 Å². The molecule has 1 N–H and O–H groups in total. The Kier molecular flexibility index (Phi) is 13.3. The van der Waals surface area contributed by atoms with E-state index >= 15 is 13.2 Å². The SMILES string of the molecule is CCOC(=O)C[C@H](NC(=O)C(CC(C)C)n1cc(CCCN2CCC2)c(C(F)(F)F)cc1=O)c1c(F)c(-c2c(C)cc(C)cc2F)cc(C(F)(F)F)c1F. The average Bonchev–Trinajstić information content (AvgIpc) is 3.01. The van der Waals surface area contributed by atoms with Crippen molar-refractivity contribution < 1.29 is 53.8 Å². The van der Waals surface area contributed by atoms with Crippen molar-refractivity contribution in [3.05, 3.63) is 91.6 Å². The van der Waals surface area contributed by atoms with E-state index in [1.165, 1.54) is 26.8 Å². The second-order valence-corrected chi connectivity index (χ2v) is 13.9. The van der Waals surface area contributed by atoms with Gasteiger partial charge in [0, 0.05) is 29.0 Å². The van der Waals surface area contributed by atoms with Crippen LogP contribution in [0.15, 0.2) is 35.3 Å². The third-order valence-electron chi connectivity index (χ3n) is 9.25. The molecule has 0 bridgehead atoms. The number of aromatic nitrogens is 1. The third kappa shape index (κ3) is 9.85. The lowest BCUT2D eigenvalue weighted by atomic mass is 9.90. The molecule has 2 aromatic carbocycles. The minimum Gasteiger partial charge on any atom is -0.466 e. The molecule has 2 atom stereocenters. The second kappa shape index (κ2) is 17.0. The van der Waals surface area contributed by atoms with Gasteiger partial charge in [-0.15, -0.1) is 0 Å². The highest BCUT2D eigenvalue weighted by Gasteiger charge is 2.41. The van der Waals surface area contributed by atoms with Gasteiger partial charge >= 0.3 is 18.3 Å². The van der Waals surface area contributed by atoms with Crippen LogP contribution in [0.1, 0.15) is 91.9 Å². The van der Waals surface area contributed by atoms with Crippen LogP contribution < -0.4 is 10.9 Å². The highest BCUT2D eigenvalue weighted by Crippen LogP contribution is 2.42. The van der Waals surface area contributed by atoms with Crippen LogP contribution in [-0.2, 0) is 33.1 Å². The number of carbonyl (C=O) groups excluding carboxylic acids is 2. The number of esters is 1. The van der Waals surface area contributed by atoms with Gasteiger partial charge < -0.3 is 19.5 Å². The van der Waals surface area contributed by atoms with Gasteiger partial charge in [-0.2, -0.15) is 26.3 Å². The summed E-state index contributed by atoms with van der Waals surface area (Å²) in [7, 11) is 0. The molecule has 1 amide bonds. The number of benzene rings is 2. The molecule has 1 aromatic heterocycles. The first-order chi connectivity index (χ1) is 25.1. The molecule has 3 aromatic rings. The topological polar surface area (TPSA) is 80.6 Å². The Labute approximate surface area is 306 Å². The Morgan fingerprint density at radius 3 is 2.11 bits per heavy atom. The van der Waals surface area contributed by atoms with Crippen molar-refractivity contribution in [2.24, 2.45) is 5.92 Å². The van der Waals surface area contributed by atoms with Gasteiger partial charge in [-0.3, -0.25) is 14.4 Å². The van der Waals surface area contributed by atoms with Crippen LogP contribution in [0.25, 0.3) is 11.1 Å². The smallest absolute Gasteiger partial charge is 0.419 e. The molecule has 7 nitrogen and oxygen atoms in total. The number of nitrogens with one attached hydrogen (secondary N) is 1. The number of likely N-dealkylation sites (tertiary alicyclic amines) is 1. The Morgan fingerprint density at radius 2 is 1.57 bits per heavy atom. The number of amides is 1. The van der Waals surface area contributed by atoms with E-state index in [1.54, 1.807) is 13.8 Å². The summed E-state index contributed by atoms with van der Waals surface area (Å²) >= 11 is 0. The number of alkyl halides is 6. The fraction of sp³-hybridized carbons (Fsp3) is 0.500. The van der Waals surface area contributed by atoms with Crippen LogP contribution in [0.5, 0.6) is 0 Å². The molecule has 1 aliphatic heterocycles. The van der Waals surface area contributed by atoms with E-state index in [9.17, 15) is 40.7 Å². The van der Waals surface area contributed by atoms with Crippen LogP contribution in [-0.4, -0.2) is 47.6 Å². The van der Waals surface area contributed by atoms with Crippen molar-refractivity contribution in [2.45, 2.75) is 91.2 Å². The van der Waals surface area contributed by atoms with Gasteiger partial charge in [-0.25, -0.2) is 13.2 Å². The van der Waals surface area contributed by atoms with Gasteiger partial charge in [0.25, 0.3) is 5.56 Å². The molecule has 1 unspecified atom stereocenters. The van der Waals surface area contributed by atoms with E-state index in [2.05, 4.69) is 5.32 Å². The predicted octanol–water partition coefficient (Wildman–Crippen LogP) is 8.62. The minimum absolute atomic E-state index is 0.00224. The molecule has 2 heterocycles. The van der Waals surface area contributed by atoms with Crippen molar-refractivity contribution in [2.75, 3.05) is 26.2 Å². The molecular weight excluding hydrogens is 733 g/mol. The number of nitrogens with zero attached hydrogens (tertiary/aromatic N) is 2. The van der Waals surface area contributed by atoms with Gasteiger partial charge in [0.05, 0.1) is 30.2 Å². The van der Waals surface area contributed by atoms with E-state index in [1.807, 2.05) is 4.90 Å². The van der Waals surface area contributed by atoms with E-state index in [0.717, 1.165) is 36.3 Å². The van der Waals surface area contributed by atoms with Crippen molar-refractivity contribution in [3.8, 4) is 11.1 Å². The molecule has 16 heteroatoms. The van der Waals surface area contributed by atoms with E-state index in [0.29, 0.717) is 24.6 Å². The summed E-state index contributed by atoms with van der Waals surface area (Å²) < 4.78 is 139. The summed E-state index contributed by atoms with van der Waals surface area (Å²) in [5, 5.41) is 2.20. The monoisotopic (exact) mass is 775 g/mol. The van der Waals surface area contributed by atoms with Crippen molar-refractivity contribution >= 4 is 11.9 Å². The number of hydrogen-bond donors (Lipinski definition) is 1. The maximum Gasteiger partial charge on any atom is 0.419 e. The molecule has 0 aliphatic carbocycles. The lowest BCUT2D eigenvalue weighted by Gasteiger charge is -2.30. The zero-order valence-corrected chi connectivity index (χ0v) is 30.4. The number of halogens is 9. The van der Waals surface area contributed by atoms with Gasteiger partial charge in [0.2, 0.25) is 5.91 Å². The van der Waals surface area contributed by atoms with Crippen molar-refractivity contribution in [1.29, 1.82) is 0 Å². The Bertz CT molecular complexity index is 1890. The maximum atomic E-state index is 16.6. The van der Waals surface area contributed by atoms with Crippen molar-refractivity contribution in [1.82, 2.24) is 14.8 Å². The van der Waals surface area contributed by atoms with Crippen LogP contribution in [0, 0.1) is 37.2 Å². The van der Waals surface area contributed by atoms with Crippen LogP contribution >= 0.6 is 0 Å². The first kappa shape index (κ1) is 42.4. The van der Waals surface area contributed by atoms with E-state index < -0.39 is 99.5 Å². The fourth-order valence-electron chi connectivity index (χ4n) is 6.68. The number of ether oxygens (including phenoxy) is 1. The normalized spacial score (nSPS) is 14.9. The molecule has 54 heavy (non-hydrogen) atoms. The molecular formula is C38H42F9N3O4. The zero-order valence-electron chi connectivity index (χ0n) is 30.4. The molecule has 1 aliphatic rings. The molecule has 4 rings (SSSR count). The Hall–Kier alpha value is -4.34. The lowest BCUT2D eigenvalue weighted by Crippen LogP contribution is -2.41. The lowest BCUT2D eigenvalue weighted by molar-refractivity contribution is -0.144. The molecule has 1 saturated heterocycles. The van der Waals surface area contributed by atoms with Crippen LogP contribution in [0.2, 0.25) is 0 Å². The first-order valence-corrected chi connectivity index (χ1v) is 17.5. The van der Waals surface area contributed by atoms with Gasteiger partial charge in [-0.05, 0) is 101 Å². The minimum atomic E-state index is -5.46. The maximum absolute atomic E-state index is 16.6. The summed E-state index contributed by atoms with van der Waals surface area (Å²) in [6, 6.07) is -1.11. The quantitative estimate of drug-likeness (QED) is 0.131.